The van der Waals surface area contributed by atoms with E-state index >= 15 is 0 Å². The Morgan fingerprint density at radius 2 is 1.76 bits per heavy atom. The average Bonchev–Trinajstić information content (AvgIpc) is 3.46. The quantitative estimate of drug-likeness (QED) is 0.512. The van der Waals surface area contributed by atoms with Crippen molar-refractivity contribution in [1.29, 1.82) is 0 Å². The Morgan fingerprint density at radius 3 is 2.55 bits per heavy atom. The monoisotopic (exact) mass is 466 g/mol. The van der Waals surface area contributed by atoms with E-state index in [0.29, 0.717) is 24.0 Å². The number of aromatic nitrogens is 4. The number of fused-ring (bicyclic) bond motifs is 1. The lowest BCUT2D eigenvalue weighted by Gasteiger charge is -2.34. The number of benzene rings is 2. The first-order valence-electron chi connectivity index (χ1n) is 10.9. The summed E-state index contributed by atoms with van der Waals surface area (Å²) in [6.07, 6.45) is 0. The third kappa shape index (κ3) is 4.96. The molecular weight excluding hydrogens is 440 g/mol. The maximum Gasteiger partial charge on any atom is 0.233 e. The summed E-state index contributed by atoms with van der Waals surface area (Å²) in [6, 6.07) is 12.2. The Hall–Kier alpha value is -3.11. The SMILES string of the molecule is Cc1cc(C)cc(-n2nnnc2SCC(=O)N2CCN(Cc3ccc4c(c3)OCO4)CC2)c1. The maximum atomic E-state index is 12.8. The molecule has 33 heavy (non-hydrogen) atoms. The zero-order valence-corrected chi connectivity index (χ0v) is 19.5. The highest BCUT2D eigenvalue weighted by Crippen LogP contribution is 2.33. The number of nitrogens with zero attached hydrogens (tertiary/aromatic N) is 6. The largest absolute Gasteiger partial charge is 0.454 e. The summed E-state index contributed by atoms with van der Waals surface area (Å²) >= 11 is 1.37. The van der Waals surface area contributed by atoms with Gasteiger partial charge in [0.05, 0.1) is 11.4 Å². The molecular formula is C23H26N6O3S. The van der Waals surface area contributed by atoms with E-state index in [1.807, 2.05) is 43.0 Å². The summed E-state index contributed by atoms with van der Waals surface area (Å²) in [7, 11) is 0. The van der Waals surface area contributed by atoms with Crippen molar-refractivity contribution >= 4 is 17.7 Å². The zero-order chi connectivity index (χ0) is 22.8. The van der Waals surface area contributed by atoms with E-state index in [-0.39, 0.29) is 12.7 Å². The molecule has 2 aliphatic rings. The number of rotatable bonds is 6. The molecule has 1 amide bonds. The van der Waals surface area contributed by atoms with E-state index in [1.165, 1.54) is 17.3 Å². The minimum Gasteiger partial charge on any atom is -0.454 e. The molecule has 0 N–H and O–H groups in total. The molecule has 1 aromatic heterocycles. The normalized spacial score (nSPS) is 15.8. The van der Waals surface area contributed by atoms with Crippen LogP contribution in [0.25, 0.3) is 5.69 Å². The first kappa shape index (κ1) is 21.7. The van der Waals surface area contributed by atoms with Crippen molar-refractivity contribution in [2.45, 2.75) is 25.5 Å². The fourth-order valence-corrected chi connectivity index (χ4v) is 4.97. The van der Waals surface area contributed by atoms with Crippen molar-refractivity contribution in [2.75, 3.05) is 38.7 Å². The predicted molar refractivity (Wildman–Crippen MR) is 124 cm³/mol. The fourth-order valence-electron chi connectivity index (χ4n) is 4.17. The van der Waals surface area contributed by atoms with Gasteiger partial charge in [0.1, 0.15) is 0 Å². The molecule has 0 radical (unpaired) electrons. The molecule has 0 atom stereocenters. The number of tetrazole rings is 1. The third-order valence-electron chi connectivity index (χ3n) is 5.78. The number of ether oxygens (including phenoxy) is 2. The lowest BCUT2D eigenvalue weighted by atomic mass is 10.1. The Bertz CT molecular complexity index is 1140. The highest BCUT2D eigenvalue weighted by molar-refractivity contribution is 7.99. The molecule has 3 aromatic rings. The topological polar surface area (TPSA) is 85.6 Å². The van der Waals surface area contributed by atoms with Gasteiger partial charge in [-0.15, -0.1) is 5.10 Å². The van der Waals surface area contributed by atoms with Crippen LogP contribution in [0.15, 0.2) is 41.6 Å². The summed E-state index contributed by atoms with van der Waals surface area (Å²) in [5.41, 5.74) is 4.38. The molecule has 9 nitrogen and oxygen atoms in total. The molecule has 10 heteroatoms. The van der Waals surface area contributed by atoms with E-state index in [9.17, 15) is 4.79 Å². The van der Waals surface area contributed by atoms with Gasteiger partial charge in [-0.3, -0.25) is 9.69 Å². The van der Waals surface area contributed by atoms with Crippen LogP contribution in [0, 0.1) is 13.8 Å². The van der Waals surface area contributed by atoms with Gasteiger partial charge in [0.2, 0.25) is 17.9 Å². The van der Waals surface area contributed by atoms with Crippen molar-refractivity contribution in [2.24, 2.45) is 0 Å². The number of hydrogen-bond donors (Lipinski definition) is 0. The Morgan fingerprint density at radius 1 is 1.00 bits per heavy atom. The second-order valence-electron chi connectivity index (χ2n) is 8.35. The van der Waals surface area contributed by atoms with Gasteiger partial charge in [0.15, 0.2) is 11.5 Å². The van der Waals surface area contributed by atoms with Crippen LogP contribution in [0.2, 0.25) is 0 Å². The van der Waals surface area contributed by atoms with Gasteiger partial charge in [-0.05, 0) is 65.2 Å². The van der Waals surface area contributed by atoms with Gasteiger partial charge >= 0.3 is 0 Å². The van der Waals surface area contributed by atoms with Crippen molar-refractivity contribution in [3.63, 3.8) is 0 Å². The van der Waals surface area contributed by atoms with Crippen LogP contribution < -0.4 is 9.47 Å². The van der Waals surface area contributed by atoms with E-state index in [2.05, 4.69) is 32.6 Å². The van der Waals surface area contributed by atoms with Crippen LogP contribution in [0.1, 0.15) is 16.7 Å². The first-order chi connectivity index (χ1) is 16.0. The van der Waals surface area contributed by atoms with E-state index < -0.39 is 0 Å². The summed E-state index contributed by atoms with van der Waals surface area (Å²) < 4.78 is 12.5. The van der Waals surface area contributed by atoms with Crippen LogP contribution in [0.4, 0.5) is 0 Å². The number of amides is 1. The molecule has 0 bridgehead atoms. The van der Waals surface area contributed by atoms with Crippen LogP contribution >= 0.6 is 11.8 Å². The minimum absolute atomic E-state index is 0.109. The number of carbonyl (C=O) groups is 1. The number of piperazine rings is 1. The molecule has 2 aromatic carbocycles. The van der Waals surface area contributed by atoms with Crippen molar-refractivity contribution < 1.29 is 14.3 Å². The summed E-state index contributed by atoms with van der Waals surface area (Å²) in [5.74, 6) is 2.03. The fraction of sp³-hybridized carbons (Fsp3) is 0.391. The second-order valence-corrected chi connectivity index (χ2v) is 9.29. The third-order valence-corrected chi connectivity index (χ3v) is 6.69. The summed E-state index contributed by atoms with van der Waals surface area (Å²) in [5, 5.41) is 12.7. The molecule has 0 aliphatic carbocycles. The van der Waals surface area contributed by atoms with Gasteiger partial charge in [-0.2, -0.15) is 4.68 Å². The standard InChI is InChI=1S/C23H26N6O3S/c1-16-9-17(2)11-19(10-16)29-23(24-25-26-29)33-14-22(30)28-7-5-27(6-8-28)13-18-3-4-20-21(12-18)32-15-31-20/h3-4,9-12H,5-8,13-15H2,1-2H3. The number of hydrogen-bond acceptors (Lipinski definition) is 8. The number of carbonyl (C=O) groups excluding carboxylic acids is 1. The molecule has 2 aliphatic heterocycles. The number of aryl methyl sites for hydroxylation is 2. The Balaban J connectivity index is 1.13. The van der Waals surface area contributed by atoms with Gasteiger partial charge < -0.3 is 14.4 Å². The van der Waals surface area contributed by atoms with E-state index in [4.69, 9.17) is 9.47 Å². The van der Waals surface area contributed by atoms with Gasteiger partial charge in [0, 0.05) is 32.7 Å². The highest BCUT2D eigenvalue weighted by Gasteiger charge is 2.23. The van der Waals surface area contributed by atoms with Crippen LogP contribution in [0.5, 0.6) is 11.5 Å². The van der Waals surface area contributed by atoms with E-state index in [1.54, 1.807) is 4.68 Å². The Labute approximate surface area is 196 Å². The van der Waals surface area contributed by atoms with Gasteiger partial charge in [-0.25, -0.2) is 0 Å². The van der Waals surface area contributed by atoms with Gasteiger partial charge in [-0.1, -0.05) is 23.9 Å². The van der Waals surface area contributed by atoms with Crippen molar-refractivity contribution in [3.05, 3.63) is 53.1 Å². The first-order valence-corrected chi connectivity index (χ1v) is 11.9. The smallest absolute Gasteiger partial charge is 0.233 e. The van der Waals surface area contributed by atoms with Crippen LogP contribution in [-0.4, -0.2) is 74.6 Å². The molecule has 3 heterocycles. The van der Waals surface area contributed by atoms with Gasteiger partial charge in [0.25, 0.3) is 0 Å². The number of thioether (sulfide) groups is 1. The molecule has 0 spiro atoms. The maximum absolute atomic E-state index is 12.8. The van der Waals surface area contributed by atoms with E-state index in [0.717, 1.165) is 47.9 Å². The van der Waals surface area contributed by atoms with Crippen molar-refractivity contribution in [3.8, 4) is 17.2 Å². The lowest BCUT2D eigenvalue weighted by Crippen LogP contribution is -2.48. The molecule has 0 unspecified atom stereocenters. The molecule has 172 valence electrons. The lowest BCUT2D eigenvalue weighted by molar-refractivity contribution is -0.130. The van der Waals surface area contributed by atoms with Crippen LogP contribution in [-0.2, 0) is 11.3 Å². The molecule has 1 saturated heterocycles. The zero-order valence-electron chi connectivity index (χ0n) is 18.7. The molecule has 0 saturated carbocycles. The Kier molecular flexibility index (Phi) is 6.19. The minimum atomic E-state index is 0.109. The molecule has 1 fully saturated rings. The predicted octanol–water partition coefficient (Wildman–Crippen LogP) is 2.44. The second kappa shape index (κ2) is 9.40. The summed E-state index contributed by atoms with van der Waals surface area (Å²) in [6.45, 7) is 8.31. The summed E-state index contributed by atoms with van der Waals surface area (Å²) in [4.78, 5) is 17.1. The van der Waals surface area contributed by atoms with Crippen LogP contribution in [0.3, 0.4) is 0 Å². The molecule has 5 rings (SSSR count). The van der Waals surface area contributed by atoms with Crippen molar-refractivity contribution in [1.82, 2.24) is 30.0 Å². The average molecular weight is 467 g/mol. The highest BCUT2D eigenvalue weighted by atomic mass is 32.2.